The monoisotopic (exact) mass is 405 g/mol. The summed E-state index contributed by atoms with van der Waals surface area (Å²) in [5.74, 6) is 0.922. The Bertz CT molecular complexity index is 1070. The summed E-state index contributed by atoms with van der Waals surface area (Å²) in [4.78, 5) is 22.5. The topological polar surface area (TPSA) is 98.9 Å². The number of phenols is 1. The van der Waals surface area contributed by atoms with Crippen molar-refractivity contribution in [3.63, 3.8) is 0 Å². The second-order valence-electron chi connectivity index (χ2n) is 6.37. The SMILES string of the molecule is COc1cc(/C=C/C(=O)c2ccc(O)cc2)ccc1OCc1ccc([N+](=O)[O-])cc1. The predicted molar refractivity (Wildman–Crippen MR) is 112 cm³/mol. The highest BCUT2D eigenvalue weighted by Crippen LogP contribution is 2.29. The third-order valence-electron chi connectivity index (χ3n) is 4.31. The summed E-state index contributed by atoms with van der Waals surface area (Å²) in [6.45, 7) is 0.225. The van der Waals surface area contributed by atoms with Crippen LogP contribution in [-0.2, 0) is 6.61 Å². The van der Waals surface area contributed by atoms with E-state index in [9.17, 15) is 20.0 Å². The van der Waals surface area contributed by atoms with Crippen LogP contribution in [-0.4, -0.2) is 22.9 Å². The molecule has 0 aliphatic carbocycles. The third kappa shape index (κ3) is 5.23. The summed E-state index contributed by atoms with van der Waals surface area (Å²) in [6.07, 6.45) is 3.11. The third-order valence-corrected chi connectivity index (χ3v) is 4.31. The first-order valence-corrected chi connectivity index (χ1v) is 9.02. The molecule has 0 amide bonds. The highest BCUT2D eigenvalue weighted by Gasteiger charge is 2.08. The van der Waals surface area contributed by atoms with E-state index in [1.807, 2.05) is 0 Å². The van der Waals surface area contributed by atoms with Crippen LogP contribution in [0.5, 0.6) is 17.2 Å². The van der Waals surface area contributed by atoms with Crippen LogP contribution in [0.3, 0.4) is 0 Å². The fourth-order valence-electron chi connectivity index (χ4n) is 2.68. The van der Waals surface area contributed by atoms with Crippen LogP contribution in [0.15, 0.2) is 72.8 Å². The summed E-state index contributed by atoms with van der Waals surface area (Å²) in [5.41, 5.74) is 2.03. The number of nitro groups is 1. The van der Waals surface area contributed by atoms with Crippen molar-refractivity contribution in [2.45, 2.75) is 6.61 Å². The van der Waals surface area contributed by atoms with E-state index in [0.29, 0.717) is 17.1 Å². The average Bonchev–Trinajstić information content (AvgIpc) is 2.77. The zero-order valence-electron chi connectivity index (χ0n) is 16.1. The molecular formula is C23H19NO6. The number of phenolic OH excluding ortho intramolecular Hbond substituents is 1. The zero-order chi connectivity index (χ0) is 21.5. The van der Waals surface area contributed by atoms with E-state index in [2.05, 4.69) is 0 Å². The number of ether oxygens (including phenoxy) is 2. The molecule has 3 aromatic carbocycles. The number of methoxy groups -OCH3 is 1. The summed E-state index contributed by atoms with van der Waals surface area (Å²) in [7, 11) is 1.52. The lowest BCUT2D eigenvalue weighted by atomic mass is 10.1. The number of hydrogen-bond acceptors (Lipinski definition) is 6. The number of hydrogen-bond donors (Lipinski definition) is 1. The standard InChI is InChI=1S/C23H19NO6/c1-29-23-14-16(4-12-21(26)18-6-10-20(25)11-7-18)5-13-22(23)30-15-17-2-8-19(9-3-17)24(27)28/h2-14,25H,15H2,1H3/b12-4+. The summed E-state index contributed by atoms with van der Waals surface area (Å²) in [5, 5.41) is 20.0. The van der Waals surface area contributed by atoms with Gasteiger partial charge in [0.25, 0.3) is 5.69 Å². The van der Waals surface area contributed by atoms with Gasteiger partial charge < -0.3 is 14.6 Å². The van der Waals surface area contributed by atoms with Crippen molar-refractivity contribution >= 4 is 17.5 Å². The molecule has 1 N–H and O–H groups in total. The van der Waals surface area contributed by atoms with Crippen LogP contribution < -0.4 is 9.47 Å². The van der Waals surface area contributed by atoms with Gasteiger partial charge in [-0.05, 0) is 65.7 Å². The van der Waals surface area contributed by atoms with Gasteiger partial charge >= 0.3 is 0 Å². The van der Waals surface area contributed by atoms with Gasteiger partial charge in [0.05, 0.1) is 12.0 Å². The molecule has 3 rings (SSSR count). The van der Waals surface area contributed by atoms with Crippen LogP contribution in [0.4, 0.5) is 5.69 Å². The molecule has 0 fully saturated rings. The molecule has 0 aliphatic heterocycles. The molecule has 0 bridgehead atoms. The Hall–Kier alpha value is -4.13. The molecule has 0 atom stereocenters. The fraction of sp³-hybridized carbons (Fsp3) is 0.0870. The average molecular weight is 405 g/mol. The molecule has 0 aromatic heterocycles. The van der Waals surface area contributed by atoms with Gasteiger partial charge in [0, 0.05) is 17.7 Å². The molecule has 7 heteroatoms. The summed E-state index contributed by atoms with van der Waals surface area (Å²) in [6, 6.07) is 17.4. The van der Waals surface area contributed by atoms with Crippen LogP contribution in [0.25, 0.3) is 6.08 Å². The minimum Gasteiger partial charge on any atom is -0.508 e. The molecule has 0 aliphatic rings. The number of rotatable bonds is 8. The molecule has 0 saturated heterocycles. The van der Waals surface area contributed by atoms with E-state index in [1.54, 1.807) is 48.5 Å². The van der Waals surface area contributed by atoms with E-state index < -0.39 is 4.92 Å². The van der Waals surface area contributed by atoms with Crippen molar-refractivity contribution in [1.82, 2.24) is 0 Å². The maximum atomic E-state index is 12.2. The zero-order valence-corrected chi connectivity index (χ0v) is 16.1. The van der Waals surface area contributed by atoms with Gasteiger partial charge in [-0.25, -0.2) is 0 Å². The Labute approximate surface area is 173 Å². The van der Waals surface area contributed by atoms with E-state index in [0.717, 1.165) is 11.1 Å². The molecule has 7 nitrogen and oxygen atoms in total. The number of allylic oxidation sites excluding steroid dienone is 1. The maximum absolute atomic E-state index is 12.2. The predicted octanol–water partition coefficient (Wildman–Crippen LogP) is 4.78. The normalized spacial score (nSPS) is 10.7. The Morgan fingerprint density at radius 1 is 1.03 bits per heavy atom. The first kappa shape index (κ1) is 20.6. The number of benzene rings is 3. The highest BCUT2D eigenvalue weighted by atomic mass is 16.6. The van der Waals surface area contributed by atoms with Crippen molar-refractivity contribution in [3.05, 3.63) is 99.6 Å². The highest BCUT2D eigenvalue weighted by molar-refractivity contribution is 6.06. The smallest absolute Gasteiger partial charge is 0.269 e. The minimum atomic E-state index is -0.452. The first-order valence-electron chi connectivity index (χ1n) is 9.02. The second kappa shape index (κ2) is 9.38. The molecule has 0 unspecified atom stereocenters. The number of carbonyl (C=O) groups excluding carboxylic acids is 1. The van der Waals surface area contributed by atoms with Gasteiger partial charge in [-0.1, -0.05) is 12.1 Å². The summed E-state index contributed by atoms with van der Waals surface area (Å²) < 4.78 is 11.1. The van der Waals surface area contributed by atoms with Gasteiger partial charge in [-0.2, -0.15) is 0 Å². The summed E-state index contributed by atoms with van der Waals surface area (Å²) >= 11 is 0. The number of nitro benzene ring substituents is 1. The second-order valence-corrected chi connectivity index (χ2v) is 6.37. The molecular weight excluding hydrogens is 386 g/mol. The molecule has 0 radical (unpaired) electrons. The lowest BCUT2D eigenvalue weighted by Gasteiger charge is -2.11. The lowest BCUT2D eigenvalue weighted by Crippen LogP contribution is -1.98. The molecule has 30 heavy (non-hydrogen) atoms. The Morgan fingerprint density at radius 3 is 2.37 bits per heavy atom. The van der Waals surface area contributed by atoms with Crippen molar-refractivity contribution in [2.75, 3.05) is 7.11 Å². The quantitative estimate of drug-likeness (QED) is 0.250. The fourth-order valence-corrected chi connectivity index (χ4v) is 2.68. The molecule has 152 valence electrons. The van der Waals surface area contributed by atoms with Gasteiger partial charge in [0.1, 0.15) is 12.4 Å². The van der Waals surface area contributed by atoms with Crippen molar-refractivity contribution < 1.29 is 24.3 Å². The van der Waals surface area contributed by atoms with E-state index in [-0.39, 0.29) is 23.8 Å². The van der Waals surface area contributed by atoms with Crippen molar-refractivity contribution in [1.29, 1.82) is 0 Å². The number of nitrogens with zero attached hydrogens (tertiary/aromatic N) is 1. The Balaban J connectivity index is 1.67. The van der Waals surface area contributed by atoms with Gasteiger partial charge in [0.2, 0.25) is 0 Å². The number of non-ortho nitro benzene ring substituents is 1. The maximum Gasteiger partial charge on any atom is 0.269 e. The van der Waals surface area contributed by atoms with Crippen LogP contribution in [0.1, 0.15) is 21.5 Å². The van der Waals surface area contributed by atoms with Crippen LogP contribution >= 0.6 is 0 Å². The number of ketones is 1. The molecule has 0 heterocycles. The van der Waals surface area contributed by atoms with Crippen molar-refractivity contribution in [3.8, 4) is 17.2 Å². The van der Waals surface area contributed by atoms with Crippen LogP contribution in [0.2, 0.25) is 0 Å². The number of carbonyl (C=O) groups is 1. The molecule has 0 spiro atoms. The largest absolute Gasteiger partial charge is 0.508 e. The molecule has 0 saturated carbocycles. The van der Waals surface area contributed by atoms with E-state index >= 15 is 0 Å². The van der Waals surface area contributed by atoms with Crippen LogP contribution in [0, 0.1) is 10.1 Å². The van der Waals surface area contributed by atoms with E-state index in [4.69, 9.17) is 9.47 Å². The number of aromatic hydroxyl groups is 1. The van der Waals surface area contributed by atoms with E-state index in [1.165, 1.54) is 37.5 Å². The Kier molecular flexibility index (Phi) is 6.44. The minimum absolute atomic E-state index is 0.0225. The lowest BCUT2D eigenvalue weighted by molar-refractivity contribution is -0.384. The van der Waals surface area contributed by atoms with Gasteiger partial charge in [-0.15, -0.1) is 0 Å². The first-order chi connectivity index (χ1) is 14.5. The Morgan fingerprint density at radius 2 is 1.73 bits per heavy atom. The van der Waals surface area contributed by atoms with Gasteiger partial charge in [0.15, 0.2) is 17.3 Å². The molecule has 3 aromatic rings. The van der Waals surface area contributed by atoms with Gasteiger partial charge in [-0.3, -0.25) is 14.9 Å². The van der Waals surface area contributed by atoms with Crippen molar-refractivity contribution in [2.24, 2.45) is 0 Å².